The number of aliphatic carboxylic acids is 1. The Morgan fingerprint density at radius 2 is 1.94 bits per heavy atom. The molecule has 170 valence electrons. The molecule has 0 radical (unpaired) electrons. The van der Waals surface area contributed by atoms with Gasteiger partial charge >= 0.3 is 29.6 Å². The molecule has 0 amide bonds. The van der Waals surface area contributed by atoms with Crippen LogP contribution in [-0.4, -0.2) is 16.7 Å². The minimum absolute atomic E-state index is 0. The van der Waals surface area contributed by atoms with E-state index >= 15 is 0 Å². The van der Waals surface area contributed by atoms with Crippen LogP contribution in [0.3, 0.4) is 0 Å². The van der Waals surface area contributed by atoms with Gasteiger partial charge in [-0.3, -0.25) is 4.98 Å². The molecule has 6 heteroatoms. The van der Waals surface area contributed by atoms with Crippen LogP contribution in [0.5, 0.6) is 5.75 Å². The van der Waals surface area contributed by atoms with Crippen molar-refractivity contribution in [1.29, 1.82) is 0 Å². The van der Waals surface area contributed by atoms with Crippen LogP contribution < -0.4 is 39.4 Å². The van der Waals surface area contributed by atoms with Crippen LogP contribution in [0.15, 0.2) is 54.6 Å². The first-order chi connectivity index (χ1) is 15.9. The number of ether oxygens (including phenoxy) is 1. The molecule has 34 heavy (non-hydrogen) atoms. The van der Waals surface area contributed by atoms with Crippen molar-refractivity contribution in [2.24, 2.45) is 0 Å². The number of nitrogens with zero attached hydrogens (tertiary/aromatic N) is 1. The molecule has 0 bridgehead atoms. The molecule has 0 saturated carbocycles. The average Bonchev–Trinajstić information content (AvgIpc) is 2.95. The second-order valence-corrected chi connectivity index (χ2v) is 9.80. The number of carboxylic acid groups (broad SMARTS) is 1. The number of pyridine rings is 1. The van der Waals surface area contributed by atoms with Gasteiger partial charge in [0.1, 0.15) is 12.4 Å². The summed E-state index contributed by atoms with van der Waals surface area (Å²) in [6.07, 6.45) is 4.13. The summed E-state index contributed by atoms with van der Waals surface area (Å²) in [4.78, 5) is 15.8. The van der Waals surface area contributed by atoms with Gasteiger partial charge in [0.2, 0.25) is 0 Å². The summed E-state index contributed by atoms with van der Waals surface area (Å²) in [5.41, 5.74) is 7.67. The SMILES string of the molecule is Cc1ccc(C=Cc2ccc3c(c2)C(SCCC(=O)[O-])c2ccccc2CO3)nc1C(C)C.[Na+]. The van der Waals surface area contributed by atoms with Gasteiger partial charge in [-0.15, -0.1) is 11.8 Å². The summed E-state index contributed by atoms with van der Waals surface area (Å²) in [7, 11) is 0. The molecule has 0 spiro atoms. The Kier molecular flexibility index (Phi) is 9.43. The third-order valence-corrected chi connectivity index (χ3v) is 7.06. The van der Waals surface area contributed by atoms with Gasteiger partial charge in [0.15, 0.2) is 0 Å². The van der Waals surface area contributed by atoms with Gasteiger partial charge in [-0.1, -0.05) is 56.3 Å². The molecule has 0 fully saturated rings. The Bertz CT molecular complexity index is 1190. The maximum absolute atomic E-state index is 11.0. The van der Waals surface area contributed by atoms with Crippen LogP contribution in [0.4, 0.5) is 0 Å². The van der Waals surface area contributed by atoms with E-state index in [4.69, 9.17) is 9.72 Å². The van der Waals surface area contributed by atoms with Gasteiger partial charge in [0.25, 0.3) is 0 Å². The van der Waals surface area contributed by atoms with E-state index in [1.54, 1.807) is 11.8 Å². The van der Waals surface area contributed by atoms with Crippen LogP contribution in [-0.2, 0) is 11.4 Å². The number of thioether (sulfide) groups is 1. The monoisotopic (exact) mass is 481 g/mol. The number of benzene rings is 2. The number of hydrogen-bond donors (Lipinski definition) is 0. The van der Waals surface area contributed by atoms with E-state index in [9.17, 15) is 9.90 Å². The molecule has 4 nitrogen and oxygen atoms in total. The number of carbonyl (C=O) groups excluding carboxylic acids is 1. The van der Waals surface area contributed by atoms with Gasteiger partial charge in [-0.2, -0.15) is 0 Å². The van der Waals surface area contributed by atoms with Gasteiger partial charge in [-0.05, 0) is 71.5 Å². The summed E-state index contributed by atoms with van der Waals surface area (Å²) in [6, 6.07) is 18.6. The summed E-state index contributed by atoms with van der Waals surface area (Å²) in [6.45, 7) is 6.91. The first kappa shape index (κ1) is 26.6. The molecule has 0 saturated heterocycles. The number of carbonyl (C=O) groups is 1. The molecule has 2 aromatic carbocycles. The van der Waals surface area contributed by atoms with Crippen LogP contribution in [0.2, 0.25) is 0 Å². The first-order valence-electron chi connectivity index (χ1n) is 11.2. The molecule has 1 aromatic heterocycles. The minimum atomic E-state index is -1.02. The van der Waals surface area contributed by atoms with Gasteiger partial charge in [0.05, 0.1) is 10.9 Å². The number of aromatic nitrogens is 1. The Morgan fingerprint density at radius 3 is 2.71 bits per heavy atom. The zero-order valence-electron chi connectivity index (χ0n) is 20.2. The van der Waals surface area contributed by atoms with Crippen molar-refractivity contribution in [2.45, 2.75) is 45.0 Å². The van der Waals surface area contributed by atoms with Crippen molar-refractivity contribution in [3.8, 4) is 5.75 Å². The van der Waals surface area contributed by atoms with E-state index in [-0.39, 0.29) is 41.2 Å². The number of aryl methyl sites for hydroxylation is 1. The van der Waals surface area contributed by atoms with Crippen molar-refractivity contribution in [2.75, 3.05) is 5.75 Å². The second-order valence-electron chi connectivity index (χ2n) is 8.58. The minimum Gasteiger partial charge on any atom is -0.550 e. The fourth-order valence-corrected chi connectivity index (χ4v) is 5.40. The standard InChI is InChI=1S/C28H29NO3S.Na/c1-18(2)27-19(3)8-11-22(29-27)12-9-20-10-13-25-24(16-20)28(33-15-14-26(30)31)23-7-5-4-6-21(23)17-32-25;/h4-13,16,18,28H,14-15,17H2,1-3H3,(H,30,31);/q;+1/p-1. The van der Waals surface area contributed by atoms with Gasteiger partial charge < -0.3 is 14.6 Å². The van der Waals surface area contributed by atoms with Crippen molar-refractivity contribution >= 4 is 29.9 Å². The van der Waals surface area contributed by atoms with Crippen molar-refractivity contribution in [3.63, 3.8) is 0 Å². The van der Waals surface area contributed by atoms with Crippen molar-refractivity contribution in [3.05, 3.63) is 93.8 Å². The molecular weight excluding hydrogens is 453 g/mol. The van der Waals surface area contributed by atoms with Gasteiger partial charge in [-0.25, -0.2) is 0 Å². The molecule has 0 N–H and O–H groups in total. The van der Waals surface area contributed by atoms with E-state index in [2.05, 4.69) is 51.1 Å². The molecule has 2 heterocycles. The summed E-state index contributed by atoms with van der Waals surface area (Å²) in [5, 5.41) is 11.0. The molecule has 0 aliphatic carbocycles. The van der Waals surface area contributed by atoms with Gasteiger partial charge in [0, 0.05) is 17.2 Å². The molecule has 3 aromatic rings. The smallest absolute Gasteiger partial charge is 0.550 e. The average molecular weight is 482 g/mol. The topological polar surface area (TPSA) is 62.2 Å². The van der Waals surface area contributed by atoms with Crippen molar-refractivity contribution < 1.29 is 44.2 Å². The van der Waals surface area contributed by atoms with E-state index in [1.807, 2.05) is 36.4 Å². The number of rotatable bonds is 7. The third kappa shape index (κ3) is 6.33. The Balaban J connectivity index is 0.00000324. The maximum atomic E-state index is 11.0. The molecule has 1 aliphatic rings. The molecule has 1 unspecified atom stereocenters. The van der Waals surface area contributed by atoms with E-state index < -0.39 is 5.97 Å². The fourth-order valence-electron chi connectivity index (χ4n) is 4.11. The zero-order valence-corrected chi connectivity index (χ0v) is 23.0. The molecular formula is C28H28NNaO3S. The predicted molar refractivity (Wildman–Crippen MR) is 133 cm³/mol. The third-order valence-electron chi connectivity index (χ3n) is 5.78. The molecule has 1 atom stereocenters. The van der Waals surface area contributed by atoms with E-state index in [1.165, 1.54) is 11.1 Å². The maximum Gasteiger partial charge on any atom is 1.00 e. The Hall–Kier alpha value is -2.05. The van der Waals surface area contributed by atoms with Crippen molar-refractivity contribution in [1.82, 2.24) is 4.98 Å². The second kappa shape index (κ2) is 12.1. The largest absolute Gasteiger partial charge is 1.00 e. The zero-order chi connectivity index (χ0) is 23.4. The van der Waals surface area contributed by atoms with Crippen LogP contribution in [0.25, 0.3) is 12.2 Å². The number of hydrogen-bond acceptors (Lipinski definition) is 5. The van der Waals surface area contributed by atoms with Crippen LogP contribution in [0, 0.1) is 6.92 Å². The summed E-state index contributed by atoms with van der Waals surface area (Å²) in [5.74, 6) is 0.669. The predicted octanol–water partition coefficient (Wildman–Crippen LogP) is 2.54. The van der Waals surface area contributed by atoms with Crippen LogP contribution in [0.1, 0.15) is 70.6 Å². The molecule has 1 aliphatic heterocycles. The summed E-state index contributed by atoms with van der Waals surface area (Å²) < 4.78 is 6.13. The first-order valence-corrected chi connectivity index (χ1v) is 12.3. The Labute approximate surface area is 228 Å². The van der Waals surface area contributed by atoms with E-state index in [0.29, 0.717) is 18.3 Å². The van der Waals surface area contributed by atoms with E-state index in [0.717, 1.165) is 33.8 Å². The number of carboxylic acids is 1. The fraction of sp³-hybridized carbons (Fsp3) is 0.286. The quantitative estimate of drug-likeness (QED) is 0.486. The number of fused-ring (bicyclic) bond motifs is 2. The van der Waals surface area contributed by atoms with Crippen LogP contribution >= 0.6 is 11.8 Å². The summed E-state index contributed by atoms with van der Waals surface area (Å²) >= 11 is 1.62. The normalized spacial score (nSPS) is 14.6. The molecule has 4 rings (SSSR count). The Morgan fingerprint density at radius 1 is 1.15 bits per heavy atom.